The molecule has 0 bridgehead atoms. The normalized spacial score (nSPS) is 15.1. The predicted octanol–water partition coefficient (Wildman–Crippen LogP) is 3.31. The molecule has 1 amide bonds. The second-order valence-electron chi connectivity index (χ2n) is 6.99. The van der Waals surface area contributed by atoms with E-state index in [1.807, 2.05) is 35.2 Å². The Bertz CT molecular complexity index is 764. The lowest BCUT2D eigenvalue weighted by atomic mass is 10.1. The Morgan fingerprint density at radius 3 is 2.42 bits per heavy atom. The van der Waals surface area contributed by atoms with Gasteiger partial charge in [-0.05, 0) is 55.2 Å². The Kier molecular flexibility index (Phi) is 5.94. The van der Waals surface area contributed by atoms with Gasteiger partial charge in [0.2, 0.25) is 0 Å². The number of ether oxygens (including phenoxy) is 1. The molecule has 1 aliphatic heterocycles. The second-order valence-corrected chi connectivity index (χ2v) is 6.99. The lowest BCUT2D eigenvalue weighted by Crippen LogP contribution is -2.49. The van der Waals surface area contributed by atoms with Crippen LogP contribution in [0.5, 0.6) is 5.75 Å². The number of para-hydroxylation sites is 1. The van der Waals surface area contributed by atoms with Crippen LogP contribution in [0.25, 0.3) is 0 Å². The highest BCUT2D eigenvalue weighted by atomic mass is 16.5. The van der Waals surface area contributed by atoms with Gasteiger partial charge in [-0.25, -0.2) is 0 Å². The summed E-state index contributed by atoms with van der Waals surface area (Å²) in [4.78, 5) is 17.1. The molecule has 4 nitrogen and oxygen atoms in total. The van der Waals surface area contributed by atoms with Gasteiger partial charge in [-0.2, -0.15) is 0 Å². The van der Waals surface area contributed by atoms with E-state index in [0.717, 1.165) is 50.5 Å². The highest BCUT2D eigenvalue weighted by molar-refractivity contribution is 5.94. The Hall–Kier alpha value is -2.33. The average Bonchev–Trinajstić information content (AvgIpc) is 2.68. The minimum atomic E-state index is 0.150. The maximum absolute atomic E-state index is 12.7. The van der Waals surface area contributed by atoms with Gasteiger partial charge in [-0.1, -0.05) is 24.3 Å². The molecule has 0 spiro atoms. The van der Waals surface area contributed by atoms with Crippen molar-refractivity contribution in [2.45, 2.75) is 20.3 Å². The van der Waals surface area contributed by atoms with E-state index < -0.39 is 0 Å². The number of hydrogen-bond acceptors (Lipinski definition) is 3. The van der Waals surface area contributed by atoms with Crippen molar-refractivity contribution in [3.63, 3.8) is 0 Å². The molecule has 3 rings (SSSR count). The molecule has 1 heterocycles. The molecule has 26 heavy (non-hydrogen) atoms. The molecule has 2 aromatic carbocycles. The van der Waals surface area contributed by atoms with Crippen molar-refractivity contribution in [1.82, 2.24) is 9.80 Å². The molecular formula is C22H28N2O2. The monoisotopic (exact) mass is 352 g/mol. The fourth-order valence-corrected chi connectivity index (χ4v) is 3.42. The third-order valence-electron chi connectivity index (χ3n) is 5.30. The van der Waals surface area contributed by atoms with Gasteiger partial charge in [0, 0.05) is 38.3 Å². The van der Waals surface area contributed by atoms with Crippen molar-refractivity contribution in [2.75, 3.05) is 39.8 Å². The van der Waals surface area contributed by atoms with E-state index in [-0.39, 0.29) is 5.91 Å². The Morgan fingerprint density at radius 1 is 1.00 bits per heavy atom. The lowest BCUT2D eigenvalue weighted by molar-refractivity contribution is 0.0638. The number of hydrogen-bond donors (Lipinski definition) is 0. The molecule has 138 valence electrons. The minimum absolute atomic E-state index is 0.150. The standard InChI is InChI=1S/C22H28N2O2/c1-17-8-9-20(16-18(17)2)22(25)24-14-12-23(13-15-24)11-10-19-6-4-5-7-21(19)26-3/h4-9,16H,10-15H2,1-3H3. The summed E-state index contributed by atoms with van der Waals surface area (Å²) in [5.41, 5.74) is 4.44. The topological polar surface area (TPSA) is 32.8 Å². The van der Waals surface area contributed by atoms with E-state index in [9.17, 15) is 4.79 Å². The summed E-state index contributed by atoms with van der Waals surface area (Å²) in [7, 11) is 1.72. The van der Waals surface area contributed by atoms with Crippen LogP contribution >= 0.6 is 0 Å². The van der Waals surface area contributed by atoms with Crippen LogP contribution in [0, 0.1) is 13.8 Å². The minimum Gasteiger partial charge on any atom is -0.496 e. The van der Waals surface area contributed by atoms with Gasteiger partial charge < -0.3 is 9.64 Å². The molecule has 0 saturated carbocycles. The summed E-state index contributed by atoms with van der Waals surface area (Å²) >= 11 is 0. The first-order valence-electron chi connectivity index (χ1n) is 9.29. The molecule has 0 aliphatic carbocycles. The van der Waals surface area contributed by atoms with Crippen molar-refractivity contribution in [2.24, 2.45) is 0 Å². The maximum atomic E-state index is 12.7. The zero-order valence-corrected chi connectivity index (χ0v) is 16.0. The van der Waals surface area contributed by atoms with E-state index >= 15 is 0 Å². The van der Waals surface area contributed by atoms with Gasteiger partial charge in [0.25, 0.3) is 5.91 Å². The highest BCUT2D eigenvalue weighted by Gasteiger charge is 2.22. The summed E-state index contributed by atoms with van der Waals surface area (Å²) in [6, 6.07) is 14.2. The van der Waals surface area contributed by atoms with Crippen LogP contribution < -0.4 is 4.74 Å². The van der Waals surface area contributed by atoms with E-state index in [0.29, 0.717) is 0 Å². The molecule has 0 atom stereocenters. The summed E-state index contributed by atoms with van der Waals surface area (Å²) in [6.07, 6.45) is 0.967. The van der Waals surface area contributed by atoms with Crippen LogP contribution in [-0.2, 0) is 6.42 Å². The van der Waals surface area contributed by atoms with Gasteiger partial charge in [0.15, 0.2) is 0 Å². The number of rotatable bonds is 5. The van der Waals surface area contributed by atoms with Gasteiger partial charge in [0.1, 0.15) is 5.75 Å². The number of methoxy groups -OCH3 is 1. The number of nitrogens with zero attached hydrogens (tertiary/aromatic N) is 2. The lowest BCUT2D eigenvalue weighted by Gasteiger charge is -2.35. The van der Waals surface area contributed by atoms with Crippen LogP contribution in [0.3, 0.4) is 0 Å². The Balaban J connectivity index is 1.52. The SMILES string of the molecule is COc1ccccc1CCN1CCN(C(=O)c2ccc(C)c(C)c2)CC1. The van der Waals surface area contributed by atoms with Crippen LogP contribution in [0.4, 0.5) is 0 Å². The first-order chi connectivity index (χ1) is 12.6. The van der Waals surface area contributed by atoms with E-state index in [1.54, 1.807) is 7.11 Å². The van der Waals surface area contributed by atoms with E-state index in [4.69, 9.17) is 4.74 Å². The van der Waals surface area contributed by atoms with Crippen molar-refractivity contribution < 1.29 is 9.53 Å². The molecule has 1 saturated heterocycles. The third kappa shape index (κ3) is 4.25. The maximum Gasteiger partial charge on any atom is 0.253 e. The zero-order valence-electron chi connectivity index (χ0n) is 16.0. The number of piperazine rings is 1. The van der Waals surface area contributed by atoms with E-state index in [1.165, 1.54) is 16.7 Å². The van der Waals surface area contributed by atoms with Crippen LogP contribution in [0.15, 0.2) is 42.5 Å². The van der Waals surface area contributed by atoms with Crippen LogP contribution in [0.2, 0.25) is 0 Å². The van der Waals surface area contributed by atoms with Gasteiger partial charge in [0.05, 0.1) is 7.11 Å². The summed E-state index contributed by atoms with van der Waals surface area (Å²) in [5.74, 6) is 1.11. The largest absolute Gasteiger partial charge is 0.496 e. The number of aryl methyl sites for hydroxylation is 2. The molecule has 0 radical (unpaired) electrons. The van der Waals surface area contributed by atoms with Crippen molar-refractivity contribution in [3.05, 3.63) is 64.7 Å². The summed E-state index contributed by atoms with van der Waals surface area (Å²) in [6.45, 7) is 8.55. The molecule has 2 aromatic rings. The third-order valence-corrected chi connectivity index (χ3v) is 5.30. The van der Waals surface area contributed by atoms with Gasteiger partial charge >= 0.3 is 0 Å². The fourth-order valence-electron chi connectivity index (χ4n) is 3.42. The Morgan fingerprint density at radius 2 is 1.73 bits per heavy atom. The number of benzene rings is 2. The number of carbonyl (C=O) groups excluding carboxylic acids is 1. The molecule has 1 fully saturated rings. The average molecular weight is 352 g/mol. The highest BCUT2D eigenvalue weighted by Crippen LogP contribution is 2.19. The number of amides is 1. The first-order valence-corrected chi connectivity index (χ1v) is 9.29. The number of carbonyl (C=O) groups is 1. The predicted molar refractivity (Wildman–Crippen MR) is 105 cm³/mol. The second kappa shape index (κ2) is 8.37. The summed E-state index contributed by atoms with van der Waals surface area (Å²) < 4.78 is 5.43. The summed E-state index contributed by atoms with van der Waals surface area (Å²) in [5, 5.41) is 0. The van der Waals surface area contributed by atoms with Crippen molar-refractivity contribution >= 4 is 5.91 Å². The molecule has 0 unspecified atom stereocenters. The van der Waals surface area contributed by atoms with Crippen molar-refractivity contribution in [1.29, 1.82) is 0 Å². The molecular weight excluding hydrogens is 324 g/mol. The van der Waals surface area contributed by atoms with Gasteiger partial charge in [-0.3, -0.25) is 9.69 Å². The molecule has 1 aliphatic rings. The zero-order chi connectivity index (χ0) is 18.5. The molecule has 4 heteroatoms. The Labute approximate surface area is 156 Å². The quantitative estimate of drug-likeness (QED) is 0.828. The fraction of sp³-hybridized carbons (Fsp3) is 0.409. The molecule has 0 N–H and O–H groups in total. The smallest absolute Gasteiger partial charge is 0.253 e. The van der Waals surface area contributed by atoms with Crippen LogP contribution in [0.1, 0.15) is 27.0 Å². The van der Waals surface area contributed by atoms with Crippen LogP contribution in [-0.4, -0.2) is 55.5 Å². The van der Waals surface area contributed by atoms with E-state index in [2.05, 4.69) is 30.9 Å². The first kappa shape index (κ1) is 18.5. The van der Waals surface area contributed by atoms with Crippen molar-refractivity contribution in [3.8, 4) is 5.75 Å². The van der Waals surface area contributed by atoms with Gasteiger partial charge in [-0.15, -0.1) is 0 Å². The molecule has 0 aromatic heterocycles.